The molecule has 1 aromatic heterocycles. The smallest absolute Gasteiger partial charge is 0.314 e. The second-order valence-electron chi connectivity index (χ2n) is 4.76. The van der Waals surface area contributed by atoms with Crippen LogP contribution in [0, 0.1) is 0 Å². The third-order valence-electron chi connectivity index (χ3n) is 3.17. The van der Waals surface area contributed by atoms with Crippen LogP contribution in [0.1, 0.15) is 5.82 Å². The summed E-state index contributed by atoms with van der Waals surface area (Å²) in [6, 6.07) is 0.369. The number of thioether (sulfide) groups is 1. The molecule has 1 atom stereocenters. The predicted molar refractivity (Wildman–Crippen MR) is 70.3 cm³/mol. The van der Waals surface area contributed by atoms with Crippen molar-refractivity contribution < 1.29 is 14.4 Å². The van der Waals surface area contributed by atoms with Gasteiger partial charge in [0.05, 0.1) is 0 Å². The fourth-order valence-electron chi connectivity index (χ4n) is 2.04. The Balaban J connectivity index is 1.90. The summed E-state index contributed by atoms with van der Waals surface area (Å²) in [4.78, 5) is 19.2. The van der Waals surface area contributed by atoms with Crippen LogP contribution >= 0.6 is 11.8 Å². The van der Waals surface area contributed by atoms with Crippen molar-refractivity contribution in [3.63, 3.8) is 0 Å². The third-order valence-corrected chi connectivity index (χ3v) is 3.97. The highest BCUT2D eigenvalue weighted by molar-refractivity contribution is 7.99. The van der Waals surface area contributed by atoms with E-state index < -0.39 is 5.97 Å². The van der Waals surface area contributed by atoms with E-state index in [9.17, 15) is 4.79 Å². The SMILES string of the molecule is CN1CCN(C)C(Cc2noc(SCC(=O)O)n2)C1. The number of hydrogen-bond acceptors (Lipinski definition) is 7. The van der Waals surface area contributed by atoms with E-state index in [1.165, 1.54) is 0 Å². The number of nitrogens with zero attached hydrogens (tertiary/aromatic N) is 4. The highest BCUT2D eigenvalue weighted by Crippen LogP contribution is 2.17. The zero-order chi connectivity index (χ0) is 13.8. The zero-order valence-corrected chi connectivity index (χ0v) is 11.9. The first-order valence-corrected chi connectivity index (χ1v) is 7.09. The van der Waals surface area contributed by atoms with E-state index in [0.717, 1.165) is 37.8 Å². The first kappa shape index (κ1) is 14.3. The van der Waals surface area contributed by atoms with Gasteiger partial charge in [0, 0.05) is 32.1 Å². The van der Waals surface area contributed by atoms with E-state index >= 15 is 0 Å². The summed E-state index contributed by atoms with van der Waals surface area (Å²) in [5.74, 6) is -0.313. The Bertz CT molecular complexity index is 439. The van der Waals surface area contributed by atoms with Gasteiger partial charge in [0.2, 0.25) is 0 Å². The summed E-state index contributed by atoms with van der Waals surface area (Å²) in [5.41, 5.74) is 0. The van der Waals surface area contributed by atoms with Crippen molar-refractivity contribution in [3.8, 4) is 0 Å². The van der Waals surface area contributed by atoms with E-state index in [-0.39, 0.29) is 5.75 Å². The predicted octanol–water partition coefficient (Wildman–Crippen LogP) is 0.0346. The molecule has 0 amide bonds. The molecule has 1 N–H and O–H groups in total. The van der Waals surface area contributed by atoms with Crippen molar-refractivity contribution in [3.05, 3.63) is 5.82 Å². The molecule has 0 bridgehead atoms. The third kappa shape index (κ3) is 4.19. The lowest BCUT2D eigenvalue weighted by Crippen LogP contribution is -2.50. The number of carboxylic acids is 1. The minimum Gasteiger partial charge on any atom is -0.481 e. The second kappa shape index (κ2) is 6.36. The van der Waals surface area contributed by atoms with Crippen LogP contribution in [0.4, 0.5) is 0 Å². The van der Waals surface area contributed by atoms with E-state index in [1.54, 1.807) is 0 Å². The molecule has 106 valence electrons. The standard InChI is InChI=1S/C11H18N4O3S/c1-14-3-4-15(2)8(6-14)5-9-12-11(18-13-9)19-7-10(16)17/h8H,3-7H2,1-2H3,(H,16,17). The number of carboxylic acid groups (broad SMARTS) is 1. The maximum Gasteiger partial charge on any atom is 0.314 e. The number of piperazine rings is 1. The lowest BCUT2D eigenvalue weighted by atomic mass is 10.1. The Morgan fingerprint density at radius 2 is 2.32 bits per heavy atom. The van der Waals surface area contributed by atoms with Crippen LogP contribution in [-0.4, -0.2) is 76.5 Å². The van der Waals surface area contributed by atoms with Gasteiger partial charge in [0.15, 0.2) is 5.82 Å². The molecule has 1 aliphatic heterocycles. The molecule has 1 aromatic rings. The minimum atomic E-state index is -0.890. The molecule has 0 saturated carbocycles. The van der Waals surface area contributed by atoms with Crippen LogP contribution in [0.5, 0.6) is 0 Å². The summed E-state index contributed by atoms with van der Waals surface area (Å²) in [6.45, 7) is 3.07. The van der Waals surface area contributed by atoms with Gasteiger partial charge in [-0.1, -0.05) is 16.9 Å². The van der Waals surface area contributed by atoms with Crippen molar-refractivity contribution in [1.82, 2.24) is 19.9 Å². The molecular formula is C11H18N4O3S. The summed E-state index contributed by atoms with van der Waals surface area (Å²) >= 11 is 1.05. The lowest BCUT2D eigenvalue weighted by molar-refractivity contribution is -0.133. The monoisotopic (exact) mass is 286 g/mol. The zero-order valence-electron chi connectivity index (χ0n) is 11.1. The minimum absolute atomic E-state index is 0.0618. The van der Waals surface area contributed by atoms with Crippen molar-refractivity contribution >= 4 is 17.7 Å². The number of aliphatic carboxylic acids is 1. The van der Waals surface area contributed by atoms with Gasteiger partial charge in [-0.2, -0.15) is 4.98 Å². The highest BCUT2D eigenvalue weighted by atomic mass is 32.2. The maximum absolute atomic E-state index is 10.5. The lowest BCUT2D eigenvalue weighted by Gasteiger charge is -2.37. The quantitative estimate of drug-likeness (QED) is 0.759. The molecule has 2 rings (SSSR count). The average molecular weight is 286 g/mol. The number of rotatable bonds is 5. The van der Waals surface area contributed by atoms with Crippen LogP contribution in [0.3, 0.4) is 0 Å². The van der Waals surface area contributed by atoms with E-state index in [4.69, 9.17) is 9.63 Å². The molecule has 19 heavy (non-hydrogen) atoms. The number of aromatic nitrogens is 2. The molecule has 1 fully saturated rings. The van der Waals surface area contributed by atoms with E-state index in [1.807, 2.05) is 0 Å². The normalized spacial score (nSPS) is 21.7. The van der Waals surface area contributed by atoms with Crippen molar-refractivity contribution in [2.24, 2.45) is 0 Å². The Morgan fingerprint density at radius 1 is 1.53 bits per heavy atom. The van der Waals surface area contributed by atoms with Gasteiger partial charge in [-0.05, 0) is 14.1 Å². The molecule has 0 spiro atoms. The van der Waals surface area contributed by atoms with Crippen LogP contribution in [-0.2, 0) is 11.2 Å². The molecule has 0 aromatic carbocycles. The molecule has 0 aliphatic carbocycles. The van der Waals surface area contributed by atoms with Gasteiger partial charge < -0.3 is 19.4 Å². The van der Waals surface area contributed by atoms with Gasteiger partial charge in [-0.3, -0.25) is 4.79 Å². The van der Waals surface area contributed by atoms with Crippen LogP contribution in [0.15, 0.2) is 9.75 Å². The number of hydrogen-bond donors (Lipinski definition) is 1. The van der Waals surface area contributed by atoms with Crippen LogP contribution < -0.4 is 0 Å². The highest BCUT2D eigenvalue weighted by Gasteiger charge is 2.24. The summed E-state index contributed by atoms with van der Waals surface area (Å²) in [6.07, 6.45) is 0.720. The number of carbonyl (C=O) groups is 1. The molecule has 8 heteroatoms. The fraction of sp³-hybridized carbons (Fsp3) is 0.727. The first-order chi connectivity index (χ1) is 9.04. The van der Waals surface area contributed by atoms with Gasteiger partial charge >= 0.3 is 5.97 Å². The Labute approximate surface area is 115 Å². The summed E-state index contributed by atoms with van der Waals surface area (Å²) in [5, 5.41) is 12.8. The molecule has 1 unspecified atom stereocenters. The molecule has 2 heterocycles. The molecular weight excluding hydrogens is 268 g/mol. The second-order valence-corrected chi connectivity index (χ2v) is 5.69. The van der Waals surface area contributed by atoms with Crippen molar-refractivity contribution in [1.29, 1.82) is 0 Å². The first-order valence-electron chi connectivity index (χ1n) is 6.10. The molecule has 7 nitrogen and oxygen atoms in total. The largest absolute Gasteiger partial charge is 0.481 e. The fourth-order valence-corrected chi connectivity index (χ4v) is 2.54. The summed E-state index contributed by atoms with van der Waals surface area (Å²) in [7, 11) is 4.20. The molecule has 1 saturated heterocycles. The molecule has 0 radical (unpaired) electrons. The molecule has 1 aliphatic rings. The topological polar surface area (TPSA) is 82.7 Å². The van der Waals surface area contributed by atoms with E-state index in [2.05, 4.69) is 34.0 Å². The van der Waals surface area contributed by atoms with Gasteiger partial charge in [-0.25, -0.2) is 0 Å². The van der Waals surface area contributed by atoms with Gasteiger partial charge in [0.1, 0.15) is 5.75 Å². The Hall–Kier alpha value is -1.12. The van der Waals surface area contributed by atoms with Crippen molar-refractivity contribution in [2.45, 2.75) is 17.7 Å². The Morgan fingerprint density at radius 3 is 3.05 bits per heavy atom. The van der Waals surface area contributed by atoms with Gasteiger partial charge in [-0.15, -0.1) is 0 Å². The maximum atomic E-state index is 10.5. The average Bonchev–Trinajstić information content (AvgIpc) is 2.79. The van der Waals surface area contributed by atoms with E-state index in [0.29, 0.717) is 17.1 Å². The van der Waals surface area contributed by atoms with Crippen molar-refractivity contribution in [2.75, 3.05) is 39.5 Å². The Kier molecular flexibility index (Phi) is 4.78. The summed E-state index contributed by atoms with van der Waals surface area (Å²) < 4.78 is 5.03. The van der Waals surface area contributed by atoms with Crippen LogP contribution in [0.2, 0.25) is 0 Å². The van der Waals surface area contributed by atoms with Gasteiger partial charge in [0.25, 0.3) is 5.22 Å². The number of likely N-dealkylation sites (N-methyl/N-ethyl adjacent to an activating group) is 2. The van der Waals surface area contributed by atoms with Crippen LogP contribution in [0.25, 0.3) is 0 Å².